The average Bonchev–Trinajstić information content (AvgIpc) is 3.87. The Morgan fingerprint density at radius 3 is 1.66 bits per heavy atom. The van der Waals surface area contributed by atoms with Crippen molar-refractivity contribution >= 4 is 61.0 Å². The van der Waals surface area contributed by atoms with Crippen molar-refractivity contribution < 1.29 is 0 Å². The maximum atomic E-state index is 5.15. The van der Waals surface area contributed by atoms with Crippen LogP contribution >= 0.6 is 0 Å². The fourth-order valence-corrected chi connectivity index (χ4v) is 8.58. The Labute approximate surface area is 363 Å². The summed E-state index contributed by atoms with van der Waals surface area (Å²) in [6.07, 6.45) is 6.40. The molecule has 62 heavy (non-hydrogen) atoms. The molecule has 0 bridgehead atoms. The molecule has 4 heteroatoms. The van der Waals surface area contributed by atoms with E-state index in [2.05, 4.69) is 235 Å². The SMILES string of the molecule is C=C(/C=C\C(=C/C)c1nc2ccccc2n1-c1ccccc1)c1cc(-c2ccc(-n3c4ccccc4c4ccccc43)cc2)cc(N(c2ccc(C)cc2)c2ccc(C)cc2)c1. The summed E-state index contributed by atoms with van der Waals surface area (Å²) >= 11 is 0. The second-order valence-electron chi connectivity index (χ2n) is 15.9. The van der Waals surface area contributed by atoms with Crippen molar-refractivity contribution in [2.45, 2.75) is 20.8 Å². The van der Waals surface area contributed by atoms with Crippen LogP contribution in [0.3, 0.4) is 0 Å². The van der Waals surface area contributed by atoms with Gasteiger partial charge in [0, 0.05) is 44.8 Å². The smallest absolute Gasteiger partial charge is 0.145 e. The molecule has 0 aliphatic rings. The monoisotopic (exact) mass is 798 g/mol. The number of fused-ring (bicyclic) bond motifs is 4. The van der Waals surface area contributed by atoms with E-state index in [1.807, 2.05) is 12.1 Å². The molecule has 2 heterocycles. The topological polar surface area (TPSA) is 26.0 Å². The van der Waals surface area contributed by atoms with Gasteiger partial charge in [0.2, 0.25) is 0 Å². The fourth-order valence-electron chi connectivity index (χ4n) is 8.58. The zero-order valence-corrected chi connectivity index (χ0v) is 35.2. The highest BCUT2D eigenvalue weighted by Gasteiger charge is 2.18. The number of nitrogens with zero attached hydrogens (tertiary/aromatic N) is 4. The van der Waals surface area contributed by atoms with Crippen LogP contribution in [0.25, 0.3) is 66.5 Å². The van der Waals surface area contributed by atoms with E-state index in [9.17, 15) is 0 Å². The van der Waals surface area contributed by atoms with E-state index in [0.717, 1.165) is 73.1 Å². The van der Waals surface area contributed by atoms with Gasteiger partial charge in [-0.15, -0.1) is 0 Å². The zero-order chi connectivity index (χ0) is 42.2. The van der Waals surface area contributed by atoms with Crippen LogP contribution in [0, 0.1) is 13.8 Å². The summed E-state index contributed by atoms with van der Waals surface area (Å²) in [4.78, 5) is 7.49. The molecular formula is C58H46N4. The van der Waals surface area contributed by atoms with Crippen molar-refractivity contribution in [2.75, 3.05) is 4.90 Å². The first-order chi connectivity index (χ1) is 30.4. The minimum Gasteiger partial charge on any atom is -0.310 e. The Hall–Kier alpha value is -7.95. The van der Waals surface area contributed by atoms with E-state index in [1.165, 1.54) is 32.9 Å². The van der Waals surface area contributed by atoms with E-state index in [4.69, 9.17) is 11.6 Å². The van der Waals surface area contributed by atoms with Crippen LogP contribution in [0.5, 0.6) is 0 Å². The first kappa shape index (κ1) is 38.3. The van der Waals surface area contributed by atoms with E-state index < -0.39 is 0 Å². The molecule has 0 aliphatic carbocycles. The van der Waals surface area contributed by atoms with Gasteiger partial charge in [-0.1, -0.05) is 139 Å². The number of imidazole rings is 1. The summed E-state index contributed by atoms with van der Waals surface area (Å²) in [6.45, 7) is 11.0. The lowest BCUT2D eigenvalue weighted by Crippen LogP contribution is -2.10. The molecule has 10 aromatic rings. The number of hydrogen-bond acceptors (Lipinski definition) is 2. The molecule has 0 unspecified atom stereocenters. The maximum absolute atomic E-state index is 5.15. The molecule has 0 fully saturated rings. The third-order valence-electron chi connectivity index (χ3n) is 11.8. The second kappa shape index (κ2) is 16.2. The van der Waals surface area contributed by atoms with E-state index >= 15 is 0 Å². The van der Waals surface area contributed by atoms with Crippen LogP contribution < -0.4 is 4.90 Å². The van der Waals surface area contributed by atoms with Gasteiger partial charge in [0.05, 0.1) is 22.1 Å². The Kier molecular flexibility index (Phi) is 10.0. The Morgan fingerprint density at radius 1 is 0.500 bits per heavy atom. The minimum absolute atomic E-state index is 0.881. The Bertz CT molecular complexity index is 3210. The molecule has 2 aromatic heterocycles. The number of rotatable bonds is 10. The number of anilines is 3. The highest BCUT2D eigenvalue weighted by molar-refractivity contribution is 6.09. The molecule has 8 aromatic carbocycles. The van der Waals surface area contributed by atoms with Gasteiger partial charge in [-0.3, -0.25) is 4.57 Å². The quantitative estimate of drug-likeness (QED) is 0.129. The molecule has 0 atom stereocenters. The number of aromatic nitrogens is 3. The lowest BCUT2D eigenvalue weighted by atomic mass is 9.97. The number of allylic oxidation sites excluding steroid dienone is 5. The summed E-state index contributed by atoms with van der Waals surface area (Å²) in [6, 6.07) is 69.4. The first-order valence-corrected chi connectivity index (χ1v) is 21.2. The van der Waals surface area contributed by atoms with Gasteiger partial charge in [-0.2, -0.15) is 0 Å². The van der Waals surface area contributed by atoms with Crippen molar-refractivity contribution in [3.05, 3.63) is 241 Å². The highest BCUT2D eigenvalue weighted by Crippen LogP contribution is 2.40. The minimum atomic E-state index is 0.881. The maximum Gasteiger partial charge on any atom is 0.145 e. The highest BCUT2D eigenvalue weighted by atomic mass is 15.1. The molecule has 4 nitrogen and oxygen atoms in total. The van der Waals surface area contributed by atoms with E-state index in [0.29, 0.717) is 0 Å². The van der Waals surface area contributed by atoms with Gasteiger partial charge in [-0.25, -0.2) is 4.98 Å². The summed E-state index contributed by atoms with van der Waals surface area (Å²) in [5, 5.41) is 2.50. The van der Waals surface area contributed by atoms with Crippen molar-refractivity contribution in [1.82, 2.24) is 14.1 Å². The van der Waals surface area contributed by atoms with Gasteiger partial charge in [0.1, 0.15) is 5.82 Å². The molecule has 0 spiro atoms. The van der Waals surface area contributed by atoms with Gasteiger partial charge in [-0.05, 0) is 134 Å². The first-order valence-electron chi connectivity index (χ1n) is 21.2. The van der Waals surface area contributed by atoms with Gasteiger partial charge in [0.25, 0.3) is 0 Å². The van der Waals surface area contributed by atoms with Crippen LogP contribution in [-0.4, -0.2) is 14.1 Å². The molecule has 0 amide bonds. The molecule has 0 aliphatic heterocycles. The van der Waals surface area contributed by atoms with E-state index in [-0.39, 0.29) is 0 Å². The summed E-state index contributed by atoms with van der Waals surface area (Å²) in [5.74, 6) is 0.881. The van der Waals surface area contributed by atoms with Gasteiger partial charge < -0.3 is 9.47 Å². The van der Waals surface area contributed by atoms with Crippen LogP contribution in [0.2, 0.25) is 0 Å². The predicted molar refractivity (Wildman–Crippen MR) is 263 cm³/mol. The third kappa shape index (κ3) is 7.12. The normalized spacial score (nSPS) is 11.9. The summed E-state index contributed by atoms with van der Waals surface area (Å²) < 4.78 is 4.60. The van der Waals surface area contributed by atoms with Crippen LogP contribution in [0.15, 0.2) is 219 Å². The molecule has 0 saturated heterocycles. The average molecular weight is 799 g/mol. The largest absolute Gasteiger partial charge is 0.310 e. The number of benzene rings is 8. The molecule has 10 rings (SSSR count). The summed E-state index contributed by atoms with van der Waals surface area (Å²) in [7, 11) is 0. The van der Waals surface area contributed by atoms with Gasteiger partial charge >= 0.3 is 0 Å². The lowest BCUT2D eigenvalue weighted by Gasteiger charge is -2.27. The fraction of sp³-hybridized carbons (Fsp3) is 0.0517. The van der Waals surface area contributed by atoms with Crippen molar-refractivity contribution in [1.29, 1.82) is 0 Å². The summed E-state index contributed by atoms with van der Waals surface area (Å²) in [5.41, 5.74) is 17.4. The van der Waals surface area contributed by atoms with E-state index in [1.54, 1.807) is 0 Å². The van der Waals surface area contributed by atoms with Crippen molar-refractivity contribution in [3.8, 4) is 22.5 Å². The Morgan fingerprint density at radius 2 is 1.05 bits per heavy atom. The molecule has 0 N–H and O–H groups in total. The zero-order valence-electron chi connectivity index (χ0n) is 35.2. The number of aryl methyl sites for hydroxylation is 2. The van der Waals surface area contributed by atoms with Crippen LogP contribution in [0.4, 0.5) is 17.1 Å². The van der Waals surface area contributed by atoms with Crippen molar-refractivity contribution in [2.24, 2.45) is 0 Å². The second-order valence-corrected chi connectivity index (χ2v) is 15.9. The van der Waals surface area contributed by atoms with Gasteiger partial charge in [0.15, 0.2) is 0 Å². The lowest BCUT2D eigenvalue weighted by molar-refractivity contribution is 1.06. The Balaban J connectivity index is 1.09. The predicted octanol–water partition coefficient (Wildman–Crippen LogP) is 15.5. The molecule has 298 valence electrons. The molecular weight excluding hydrogens is 753 g/mol. The third-order valence-corrected chi connectivity index (χ3v) is 11.8. The van der Waals surface area contributed by atoms with Crippen molar-refractivity contribution in [3.63, 3.8) is 0 Å². The molecule has 0 radical (unpaired) electrons. The number of para-hydroxylation sites is 5. The standard InChI is InChI=1S/C58H46N4/c1-5-43(58-59-54-19-11-14-22-57(54)62(58)47-15-7-6-8-16-47)28-27-42(4)45-37-46(39-51(38-45)60(48-31-23-40(2)24-32-48)49-33-25-41(3)26-34-49)44-29-35-50(36-30-44)61-55-20-12-9-17-52(55)53-18-10-13-21-56(53)61/h5-39H,4H2,1-3H3/b28-27-,43-5+. The van der Waals surface area contributed by atoms with Crippen LogP contribution in [0.1, 0.15) is 29.4 Å². The molecule has 0 saturated carbocycles. The number of hydrogen-bond donors (Lipinski definition) is 0. The van der Waals surface area contributed by atoms with Crippen LogP contribution in [-0.2, 0) is 0 Å².